The molecule has 0 unspecified atom stereocenters. The average Bonchev–Trinajstić information content (AvgIpc) is 2.87. The molecule has 100 valence electrons. The molecule has 3 nitrogen and oxygen atoms in total. The summed E-state index contributed by atoms with van der Waals surface area (Å²) in [5, 5.41) is 9.21. The number of rotatable bonds is 2. The Morgan fingerprint density at radius 1 is 0.900 bits per heavy atom. The van der Waals surface area contributed by atoms with Gasteiger partial charge in [-0.3, -0.25) is 0 Å². The van der Waals surface area contributed by atoms with Gasteiger partial charge in [0.2, 0.25) is 5.79 Å². The molecular weight excluding hydrogens is 250 g/mol. The number of hydrogen-bond acceptors (Lipinski definition) is 3. The van der Waals surface area contributed by atoms with E-state index in [2.05, 4.69) is 6.07 Å². The van der Waals surface area contributed by atoms with E-state index in [1.54, 1.807) is 0 Å². The molecule has 2 atom stereocenters. The topological polar surface area (TPSA) is 42.2 Å². The first kappa shape index (κ1) is 12.9. The zero-order valence-corrected chi connectivity index (χ0v) is 11.2. The van der Waals surface area contributed by atoms with Crippen LogP contribution in [0.1, 0.15) is 18.1 Å². The summed E-state index contributed by atoms with van der Waals surface area (Å²) in [4.78, 5) is 0. The molecule has 0 spiro atoms. The van der Waals surface area contributed by atoms with Crippen molar-refractivity contribution in [2.45, 2.75) is 24.9 Å². The molecule has 1 aliphatic rings. The van der Waals surface area contributed by atoms with Crippen LogP contribution in [-0.4, -0.2) is 12.2 Å². The third-order valence-corrected chi connectivity index (χ3v) is 3.51. The largest absolute Gasteiger partial charge is 0.335 e. The fraction of sp³-hybridized carbons (Fsp3) is 0.235. The van der Waals surface area contributed by atoms with Crippen molar-refractivity contribution in [2.75, 3.05) is 0 Å². The Hall–Kier alpha value is -2.15. The van der Waals surface area contributed by atoms with Crippen LogP contribution in [0.4, 0.5) is 0 Å². The van der Waals surface area contributed by atoms with E-state index in [4.69, 9.17) is 9.47 Å². The van der Waals surface area contributed by atoms with Gasteiger partial charge in [-0.1, -0.05) is 60.7 Å². The van der Waals surface area contributed by atoms with Gasteiger partial charge in [-0.25, -0.2) is 0 Å². The summed E-state index contributed by atoms with van der Waals surface area (Å²) in [6.07, 6.45) is -0.851. The number of ether oxygens (including phenoxy) is 2. The van der Waals surface area contributed by atoms with Gasteiger partial charge in [-0.2, -0.15) is 5.26 Å². The van der Waals surface area contributed by atoms with Crippen molar-refractivity contribution in [3.8, 4) is 6.07 Å². The van der Waals surface area contributed by atoms with E-state index >= 15 is 0 Å². The number of nitriles is 1. The van der Waals surface area contributed by atoms with Crippen molar-refractivity contribution in [3.63, 3.8) is 0 Å². The van der Waals surface area contributed by atoms with Gasteiger partial charge < -0.3 is 9.47 Å². The van der Waals surface area contributed by atoms with Crippen LogP contribution in [0, 0.1) is 11.3 Å². The molecule has 2 aromatic carbocycles. The van der Waals surface area contributed by atoms with Crippen molar-refractivity contribution in [1.29, 1.82) is 5.26 Å². The molecule has 1 heterocycles. The number of nitrogens with zero attached hydrogens (tertiary/aromatic N) is 1. The summed E-state index contributed by atoms with van der Waals surface area (Å²) < 4.78 is 12.1. The normalized spacial score (nSPS) is 24.2. The second-order valence-corrected chi connectivity index (χ2v) is 4.84. The monoisotopic (exact) mass is 265 g/mol. The van der Waals surface area contributed by atoms with E-state index in [1.807, 2.05) is 67.6 Å². The molecular formula is C17H15NO2. The Labute approximate surface area is 118 Å². The number of hydrogen-bond donors (Lipinski definition) is 0. The van der Waals surface area contributed by atoms with Crippen LogP contribution in [0.5, 0.6) is 0 Å². The minimum absolute atomic E-state index is 0.277. The minimum Gasteiger partial charge on any atom is -0.335 e. The first-order chi connectivity index (χ1) is 9.76. The summed E-state index contributed by atoms with van der Waals surface area (Å²) in [7, 11) is 0. The molecule has 20 heavy (non-hydrogen) atoms. The zero-order chi connectivity index (χ0) is 14.0. The molecule has 3 rings (SSSR count). The molecule has 1 saturated heterocycles. The molecule has 0 bridgehead atoms. The van der Waals surface area contributed by atoms with E-state index in [0.717, 1.165) is 11.1 Å². The van der Waals surface area contributed by atoms with Gasteiger partial charge in [-0.15, -0.1) is 0 Å². The summed E-state index contributed by atoms with van der Waals surface area (Å²) in [5.41, 5.74) is 1.80. The van der Waals surface area contributed by atoms with E-state index < -0.39 is 11.9 Å². The van der Waals surface area contributed by atoms with Crippen LogP contribution in [0.2, 0.25) is 0 Å². The quantitative estimate of drug-likeness (QED) is 0.837. The van der Waals surface area contributed by atoms with E-state index in [0.29, 0.717) is 0 Å². The summed E-state index contributed by atoms with van der Waals surface area (Å²) >= 11 is 0. The fourth-order valence-corrected chi connectivity index (χ4v) is 2.51. The molecule has 0 amide bonds. The van der Waals surface area contributed by atoms with Gasteiger partial charge in [0.15, 0.2) is 6.10 Å². The Morgan fingerprint density at radius 3 is 1.80 bits per heavy atom. The second-order valence-electron chi connectivity index (χ2n) is 4.84. The minimum atomic E-state index is -0.998. The average molecular weight is 265 g/mol. The second kappa shape index (κ2) is 5.09. The molecule has 1 fully saturated rings. The summed E-state index contributed by atoms with van der Waals surface area (Å²) in [6.45, 7) is 1.86. The van der Waals surface area contributed by atoms with Crippen LogP contribution >= 0.6 is 0 Å². The Balaban J connectivity index is 2.13. The van der Waals surface area contributed by atoms with Crippen LogP contribution < -0.4 is 0 Å². The number of benzene rings is 2. The van der Waals surface area contributed by atoms with Gasteiger partial charge in [0.25, 0.3) is 0 Å². The highest BCUT2D eigenvalue weighted by Crippen LogP contribution is 2.42. The first-order valence-corrected chi connectivity index (χ1v) is 6.62. The van der Waals surface area contributed by atoms with Crippen molar-refractivity contribution in [3.05, 3.63) is 71.8 Å². The third-order valence-electron chi connectivity index (χ3n) is 3.51. The summed E-state index contributed by atoms with van der Waals surface area (Å²) in [5.74, 6) is -0.998. The smallest absolute Gasteiger partial charge is 0.224 e. The Morgan fingerprint density at radius 2 is 1.40 bits per heavy atom. The molecule has 2 aromatic rings. The lowest BCUT2D eigenvalue weighted by molar-refractivity contribution is -0.145. The van der Waals surface area contributed by atoms with Gasteiger partial charge in [-0.05, 0) is 6.92 Å². The Bertz CT molecular complexity index is 579. The molecule has 0 aliphatic carbocycles. The van der Waals surface area contributed by atoms with Crippen LogP contribution in [0.15, 0.2) is 60.7 Å². The molecule has 0 saturated carbocycles. The zero-order valence-electron chi connectivity index (χ0n) is 11.2. The predicted molar refractivity (Wildman–Crippen MR) is 74.7 cm³/mol. The van der Waals surface area contributed by atoms with Crippen molar-refractivity contribution < 1.29 is 9.47 Å². The van der Waals surface area contributed by atoms with Crippen molar-refractivity contribution in [1.82, 2.24) is 0 Å². The lowest BCUT2D eigenvalue weighted by Crippen LogP contribution is -2.29. The van der Waals surface area contributed by atoms with E-state index in [1.165, 1.54) is 0 Å². The standard InChI is InChI=1S/C17H15NO2/c1-13-16(12-18)20-17(19-13,14-8-4-2-5-9-14)15-10-6-3-7-11-15/h2-11,13,16H,1H3/t13-,16-/m1/s1. The van der Waals surface area contributed by atoms with Gasteiger partial charge in [0.1, 0.15) is 0 Å². The molecule has 3 heteroatoms. The van der Waals surface area contributed by atoms with Crippen molar-refractivity contribution >= 4 is 0 Å². The molecule has 0 radical (unpaired) electrons. The SMILES string of the molecule is C[C@H]1OC(c2ccccc2)(c2ccccc2)O[C@@H]1C#N. The molecule has 1 aliphatic heterocycles. The lowest BCUT2D eigenvalue weighted by Gasteiger charge is -2.28. The maximum atomic E-state index is 9.21. The van der Waals surface area contributed by atoms with Crippen LogP contribution in [0.3, 0.4) is 0 Å². The maximum absolute atomic E-state index is 9.21. The Kier molecular flexibility index (Phi) is 3.27. The predicted octanol–water partition coefficient (Wildman–Crippen LogP) is 3.22. The van der Waals surface area contributed by atoms with E-state index in [-0.39, 0.29) is 6.10 Å². The van der Waals surface area contributed by atoms with Gasteiger partial charge in [0.05, 0.1) is 12.2 Å². The van der Waals surface area contributed by atoms with Crippen molar-refractivity contribution in [2.24, 2.45) is 0 Å². The van der Waals surface area contributed by atoms with E-state index in [9.17, 15) is 5.26 Å². The fourth-order valence-electron chi connectivity index (χ4n) is 2.51. The first-order valence-electron chi connectivity index (χ1n) is 6.62. The highest BCUT2D eigenvalue weighted by Gasteiger charge is 2.48. The van der Waals surface area contributed by atoms with Crippen LogP contribution in [-0.2, 0) is 15.3 Å². The van der Waals surface area contributed by atoms with Gasteiger partial charge >= 0.3 is 0 Å². The highest BCUT2D eigenvalue weighted by molar-refractivity contribution is 5.35. The third kappa shape index (κ3) is 2.00. The molecule has 0 aromatic heterocycles. The van der Waals surface area contributed by atoms with Crippen LogP contribution in [0.25, 0.3) is 0 Å². The maximum Gasteiger partial charge on any atom is 0.224 e. The summed E-state index contributed by atoms with van der Waals surface area (Å²) in [6, 6.07) is 21.7. The molecule has 0 N–H and O–H groups in total. The highest BCUT2D eigenvalue weighted by atomic mass is 16.8. The lowest BCUT2D eigenvalue weighted by atomic mass is 9.97. The van der Waals surface area contributed by atoms with Gasteiger partial charge in [0, 0.05) is 11.1 Å².